The Morgan fingerprint density at radius 3 is 2.25 bits per heavy atom. The molecule has 0 aromatic rings. The monoisotopic (exact) mass is 247 g/mol. The van der Waals surface area contributed by atoms with Crippen molar-refractivity contribution < 1.29 is 13.2 Å². The highest BCUT2D eigenvalue weighted by Gasteiger charge is 2.37. The van der Waals surface area contributed by atoms with Gasteiger partial charge in [0.15, 0.2) is 0 Å². The van der Waals surface area contributed by atoms with Gasteiger partial charge < -0.3 is 0 Å². The standard InChI is InChI=1S/C11H21NO3S/c1-8(7-11(2,3)4)10(13)12-16(14,15)9-5-6-9/h8-9H,5-7H2,1-4H3,(H,12,13). The minimum atomic E-state index is -3.39. The van der Waals surface area contributed by atoms with E-state index in [4.69, 9.17) is 0 Å². The summed E-state index contributed by atoms with van der Waals surface area (Å²) in [5.74, 6) is -0.643. The fraction of sp³-hybridized carbons (Fsp3) is 0.909. The topological polar surface area (TPSA) is 63.2 Å². The fourth-order valence-electron chi connectivity index (χ4n) is 1.71. The molecule has 1 saturated carbocycles. The number of hydrogen-bond acceptors (Lipinski definition) is 3. The van der Waals surface area contributed by atoms with Crippen LogP contribution in [0.2, 0.25) is 0 Å². The number of nitrogens with one attached hydrogen (secondary N) is 1. The molecular weight excluding hydrogens is 226 g/mol. The Morgan fingerprint density at radius 2 is 1.88 bits per heavy atom. The molecule has 1 rings (SSSR count). The van der Waals surface area contributed by atoms with Gasteiger partial charge in [0.1, 0.15) is 0 Å². The highest BCUT2D eigenvalue weighted by Crippen LogP contribution is 2.28. The van der Waals surface area contributed by atoms with Crippen molar-refractivity contribution in [1.29, 1.82) is 0 Å². The molecular formula is C11H21NO3S. The van der Waals surface area contributed by atoms with E-state index in [9.17, 15) is 13.2 Å². The molecule has 16 heavy (non-hydrogen) atoms. The van der Waals surface area contributed by atoms with E-state index in [1.807, 2.05) is 20.8 Å². The van der Waals surface area contributed by atoms with E-state index < -0.39 is 10.0 Å². The van der Waals surface area contributed by atoms with E-state index in [1.54, 1.807) is 6.92 Å². The number of rotatable bonds is 4. The summed E-state index contributed by atoms with van der Waals surface area (Å²) in [4.78, 5) is 11.7. The summed E-state index contributed by atoms with van der Waals surface area (Å²) in [6, 6.07) is 0. The van der Waals surface area contributed by atoms with E-state index in [0.29, 0.717) is 19.3 Å². The van der Waals surface area contributed by atoms with E-state index in [-0.39, 0.29) is 22.5 Å². The van der Waals surface area contributed by atoms with Gasteiger partial charge in [0.2, 0.25) is 15.9 Å². The number of hydrogen-bond donors (Lipinski definition) is 1. The van der Waals surface area contributed by atoms with Gasteiger partial charge in [0, 0.05) is 5.92 Å². The third-order valence-electron chi connectivity index (χ3n) is 2.57. The second kappa shape index (κ2) is 4.35. The van der Waals surface area contributed by atoms with Crippen molar-refractivity contribution in [3.8, 4) is 0 Å². The highest BCUT2D eigenvalue weighted by atomic mass is 32.2. The first-order valence-electron chi connectivity index (χ1n) is 5.67. The molecule has 0 heterocycles. The first-order valence-corrected chi connectivity index (χ1v) is 7.22. The lowest BCUT2D eigenvalue weighted by atomic mass is 9.85. The van der Waals surface area contributed by atoms with E-state index in [0.717, 1.165) is 0 Å². The Kier molecular flexibility index (Phi) is 3.67. The number of carbonyl (C=O) groups is 1. The van der Waals surface area contributed by atoms with Crippen molar-refractivity contribution in [2.75, 3.05) is 0 Å². The molecule has 4 nitrogen and oxygen atoms in total. The van der Waals surface area contributed by atoms with Gasteiger partial charge in [-0.05, 0) is 24.7 Å². The molecule has 94 valence electrons. The van der Waals surface area contributed by atoms with Crippen molar-refractivity contribution in [3.05, 3.63) is 0 Å². The molecule has 0 spiro atoms. The summed E-state index contributed by atoms with van der Waals surface area (Å²) in [6.45, 7) is 7.87. The van der Waals surface area contributed by atoms with Gasteiger partial charge in [-0.1, -0.05) is 27.7 Å². The molecule has 5 heteroatoms. The lowest BCUT2D eigenvalue weighted by Crippen LogP contribution is -2.37. The molecule has 1 aliphatic rings. The second-order valence-electron chi connectivity index (χ2n) is 5.88. The summed E-state index contributed by atoms with van der Waals surface area (Å²) < 4.78 is 25.3. The molecule has 0 aromatic carbocycles. The lowest BCUT2D eigenvalue weighted by Gasteiger charge is -2.22. The van der Waals surface area contributed by atoms with E-state index in [2.05, 4.69) is 4.72 Å². The molecule has 0 bridgehead atoms. The van der Waals surface area contributed by atoms with Crippen LogP contribution in [0, 0.1) is 11.3 Å². The van der Waals surface area contributed by atoms with Gasteiger partial charge in [0.25, 0.3) is 0 Å². The predicted molar refractivity (Wildman–Crippen MR) is 63.3 cm³/mol. The summed E-state index contributed by atoms with van der Waals surface area (Å²) in [7, 11) is -3.39. The molecule has 1 unspecified atom stereocenters. The number of amides is 1. The summed E-state index contributed by atoms with van der Waals surface area (Å²) >= 11 is 0. The van der Waals surface area contributed by atoms with Crippen molar-refractivity contribution in [2.24, 2.45) is 11.3 Å². The highest BCUT2D eigenvalue weighted by molar-refractivity contribution is 7.90. The maximum Gasteiger partial charge on any atom is 0.237 e. The lowest BCUT2D eigenvalue weighted by molar-refractivity contribution is -0.123. The van der Waals surface area contributed by atoms with Gasteiger partial charge in [-0.2, -0.15) is 0 Å². The van der Waals surface area contributed by atoms with Crippen molar-refractivity contribution in [3.63, 3.8) is 0 Å². The van der Waals surface area contributed by atoms with Crippen molar-refractivity contribution in [2.45, 2.75) is 52.2 Å². The minimum absolute atomic E-state index is 0.0279. The first-order chi connectivity index (χ1) is 7.12. The molecule has 0 radical (unpaired) electrons. The SMILES string of the molecule is CC(CC(C)(C)C)C(=O)NS(=O)(=O)C1CC1. The van der Waals surface area contributed by atoms with Crippen LogP contribution in [-0.4, -0.2) is 19.6 Å². The summed E-state index contributed by atoms with van der Waals surface area (Å²) in [6.07, 6.45) is 2.03. The van der Waals surface area contributed by atoms with Crippen LogP contribution in [0.1, 0.15) is 47.0 Å². The van der Waals surface area contributed by atoms with Crippen LogP contribution in [0.4, 0.5) is 0 Å². The Morgan fingerprint density at radius 1 is 1.38 bits per heavy atom. The molecule has 1 N–H and O–H groups in total. The van der Waals surface area contributed by atoms with Crippen LogP contribution >= 0.6 is 0 Å². The third-order valence-corrected chi connectivity index (χ3v) is 4.41. The number of carbonyl (C=O) groups excluding carboxylic acids is 1. The minimum Gasteiger partial charge on any atom is -0.274 e. The van der Waals surface area contributed by atoms with Crippen LogP contribution in [0.3, 0.4) is 0 Å². The van der Waals surface area contributed by atoms with Crippen molar-refractivity contribution >= 4 is 15.9 Å². The van der Waals surface area contributed by atoms with Crippen LogP contribution < -0.4 is 4.72 Å². The Labute approximate surface area is 97.9 Å². The van der Waals surface area contributed by atoms with E-state index in [1.165, 1.54) is 0 Å². The average molecular weight is 247 g/mol. The maximum atomic E-state index is 11.7. The Bertz CT molecular complexity index is 363. The zero-order valence-electron chi connectivity index (χ0n) is 10.4. The average Bonchev–Trinajstić information content (AvgIpc) is 2.80. The smallest absolute Gasteiger partial charge is 0.237 e. The van der Waals surface area contributed by atoms with Crippen molar-refractivity contribution in [1.82, 2.24) is 4.72 Å². The zero-order valence-corrected chi connectivity index (χ0v) is 11.2. The fourth-order valence-corrected chi connectivity index (χ4v) is 3.12. The van der Waals surface area contributed by atoms with Crippen LogP contribution in [0.25, 0.3) is 0 Å². The van der Waals surface area contributed by atoms with Crippen LogP contribution in [-0.2, 0) is 14.8 Å². The summed E-state index contributed by atoms with van der Waals surface area (Å²) in [5, 5.41) is -0.335. The predicted octanol–water partition coefficient (Wildman–Crippen LogP) is 1.67. The maximum absolute atomic E-state index is 11.7. The molecule has 0 aliphatic heterocycles. The number of sulfonamides is 1. The third kappa shape index (κ3) is 4.12. The molecule has 1 amide bonds. The molecule has 1 aliphatic carbocycles. The molecule has 1 fully saturated rings. The normalized spacial score (nSPS) is 19.2. The first kappa shape index (κ1) is 13.5. The molecule has 0 saturated heterocycles. The summed E-state index contributed by atoms with van der Waals surface area (Å²) in [5.41, 5.74) is 0.0279. The zero-order chi connectivity index (χ0) is 12.6. The Hall–Kier alpha value is -0.580. The largest absolute Gasteiger partial charge is 0.274 e. The Balaban J connectivity index is 2.52. The van der Waals surface area contributed by atoms with E-state index >= 15 is 0 Å². The quantitative estimate of drug-likeness (QED) is 0.822. The van der Waals surface area contributed by atoms with Crippen LogP contribution in [0.5, 0.6) is 0 Å². The molecule has 0 aromatic heterocycles. The van der Waals surface area contributed by atoms with Gasteiger partial charge in [-0.3, -0.25) is 9.52 Å². The molecule has 1 atom stereocenters. The van der Waals surface area contributed by atoms with Gasteiger partial charge in [0.05, 0.1) is 5.25 Å². The second-order valence-corrected chi connectivity index (χ2v) is 7.84. The van der Waals surface area contributed by atoms with Gasteiger partial charge >= 0.3 is 0 Å². The van der Waals surface area contributed by atoms with Crippen LogP contribution in [0.15, 0.2) is 0 Å². The van der Waals surface area contributed by atoms with Gasteiger partial charge in [-0.25, -0.2) is 8.42 Å². The van der Waals surface area contributed by atoms with Gasteiger partial charge in [-0.15, -0.1) is 0 Å².